The summed E-state index contributed by atoms with van der Waals surface area (Å²) in [6, 6.07) is 12.1. The first-order valence-corrected chi connectivity index (χ1v) is 13.9. The Morgan fingerprint density at radius 2 is 1.74 bits per heavy atom. The number of carbonyl (C=O) groups excluding carboxylic acids is 1. The van der Waals surface area contributed by atoms with Crippen LogP contribution in [0.1, 0.15) is 34.0 Å². The lowest BCUT2D eigenvalue weighted by atomic mass is 10.0. The van der Waals surface area contributed by atoms with Gasteiger partial charge in [-0.05, 0) is 48.9 Å². The number of benzene rings is 2. The number of carbonyl (C=O) groups is 1. The van der Waals surface area contributed by atoms with E-state index < -0.39 is 17.6 Å². The monoisotopic (exact) mass is 594 g/mol. The van der Waals surface area contributed by atoms with Crippen molar-refractivity contribution in [1.29, 1.82) is 0 Å². The van der Waals surface area contributed by atoms with Gasteiger partial charge in [-0.1, -0.05) is 19.1 Å². The van der Waals surface area contributed by atoms with E-state index in [1.807, 2.05) is 11.8 Å². The minimum atomic E-state index is -4.56. The molecule has 0 saturated carbocycles. The Labute approximate surface area is 247 Å². The van der Waals surface area contributed by atoms with Crippen LogP contribution >= 0.6 is 0 Å². The SMILES string of the molecule is CCN1CCN(Cc2ccc(NC(=O)c3ccc(C)c(Oc4cc(Nc5ccn(C)n5)ncn4)c3)cc2C(F)(F)F)CC1. The van der Waals surface area contributed by atoms with Gasteiger partial charge < -0.3 is 20.3 Å². The summed E-state index contributed by atoms with van der Waals surface area (Å²) < 4.78 is 49.7. The maximum absolute atomic E-state index is 14.0. The Bertz CT molecular complexity index is 1580. The largest absolute Gasteiger partial charge is 0.439 e. The molecule has 0 unspecified atom stereocenters. The molecule has 43 heavy (non-hydrogen) atoms. The zero-order valence-corrected chi connectivity index (χ0v) is 24.1. The second-order valence-electron chi connectivity index (χ2n) is 10.4. The number of ether oxygens (including phenoxy) is 1. The predicted molar refractivity (Wildman–Crippen MR) is 157 cm³/mol. The molecule has 2 N–H and O–H groups in total. The number of amides is 1. The van der Waals surface area contributed by atoms with Crippen LogP contribution in [0.3, 0.4) is 0 Å². The van der Waals surface area contributed by atoms with Crippen molar-refractivity contribution in [3.05, 3.63) is 83.3 Å². The number of nitrogens with zero attached hydrogens (tertiary/aromatic N) is 6. The molecule has 4 aromatic rings. The van der Waals surface area contributed by atoms with Crippen LogP contribution in [-0.4, -0.2) is 68.2 Å². The molecule has 1 aliphatic heterocycles. The van der Waals surface area contributed by atoms with E-state index in [1.54, 1.807) is 42.2 Å². The van der Waals surface area contributed by atoms with Gasteiger partial charge in [0.2, 0.25) is 5.88 Å². The van der Waals surface area contributed by atoms with Crippen molar-refractivity contribution >= 4 is 23.2 Å². The fourth-order valence-corrected chi connectivity index (χ4v) is 4.80. The molecule has 3 heterocycles. The molecule has 1 saturated heterocycles. The lowest BCUT2D eigenvalue weighted by Crippen LogP contribution is -2.45. The van der Waals surface area contributed by atoms with E-state index in [-0.39, 0.29) is 29.2 Å². The Kier molecular flexibility index (Phi) is 8.92. The van der Waals surface area contributed by atoms with Crippen molar-refractivity contribution in [2.75, 3.05) is 43.4 Å². The standard InChI is InChI=1S/C30H33F3N8O2/c1-4-40-11-13-41(14-12-40)18-22-7-8-23(16-24(22)30(31,32)33)36-29(42)21-6-5-20(2)25(15-21)43-28-17-27(34-19-35-28)37-26-9-10-39(3)38-26/h5-10,15-17,19H,4,11-14,18H2,1-3H3,(H,36,42)(H,34,35,37,38). The zero-order valence-electron chi connectivity index (χ0n) is 24.1. The van der Waals surface area contributed by atoms with Crippen LogP contribution in [0.15, 0.2) is 61.1 Å². The fraction of sp³-hybridized carbons (Fsp3) is 0.333. The van der Waals surface area contributed by atoms with Crippen molar-refractivity contribution in [3.63, 3.8) is 0 Å². The maximum atomic E-state index is 14.0. The van der Waals surface area contributed by atoms with Gasteiger partial charge in [0.1, 0.15) is 17.9 Å². The number of anilines is 3. The normalized spacial score (nSPS) is 14.5. The van der Waals surface area contributed by atoms with E-state index in [9.17, 15) is 18.0 Å². The molecule has 0 bridgehead atoms. The Morgan fingerprint density at radius 1 is 0.977 bits per heavy atom. The lowest BCUT2D eigenvalue weighted by molar-refractivity contribution is -0.138. The number of alkyl halides is 3. The second-order valence-corrected chi connectivity index (χ2v) is 10.4. The summed E-state index contributed by atoms with van der Waals surface area (Å²) in [5, 5.41) is 9.91. The fourth-order valence-electron chi connectivity index (χ4n) is 4.80. The minimum absolute atomic E-state index is 0.0564. The first-order valence-electron chi connectivity index (χ1n) is 13.9. The highest BCUT2D eigenvalue weighted by molar-refractivity contribution is 6.04. The van der Waals surface area contributed by atoms with E-state index in [4.69, 9.17) is 4.74 Å². The van der Waals surface area contributed by atoms with Crippen LogP contribution in [0.5, 0.6) is 11.6 Å². The topological polar surface area (TPSA) is 100 Å². The van der Waals surface area contributed by atoms with Gasteiger partial charge in [-0.25, -0.2) is 9.97 Å². The summed E-state index contributed by atoms with van der Waals surface area (Å²) in [5.74, 6) is 1.09. The summed E-state index contributed by atoms with van der Waals surface area (Å²) in [7, 11) is 1.80. The third kappa shape index (κ3) is 7.67. The molecule has 13 heteroatoms. The maximum Gasteiger partial charge on any atom is 0.416 e. The van der Waals surface area contributed by atoms with Gasteiger partial charge in [0.05, 0.1) is 5.56 Å². The summed E-state index contributed by atoms with van der Waals surface area (Å²) in [6.45, 7) is 8.07. The third-order valence-corrected chi connectivity index (χ3v) is 7.26. The smallest absolute Gasteiger partial charge is 0.416 e. The van der Waals surface area contributed by atoms with Crippen LogP contribution in [0.25, 0.3) is 0 Å². The molecular weight excluding hydrogens is 561 g/mol. The van der Waals surface area contributed by atoms with Gasteiger partial charge in [0.15, 0.2) is 5.82 Å². The lowest BCUT2D eigenvalue weighted by Gasteiger charge is -2.34. The number of aromatic nitrogens is 4. The first kappa shape index (κ1) is 30.0. The van der Waals surface area contributed by atoms with Crippen LogP contribution in [-0.2, 0) is 19.8 Å². The van der Waals surface area contributed by atoms with Crippen molar-refractivity contribution < 1.29 is 22.7 Å². The summed E-state index contributed by atoms with van der Waals surface area (Å²) in [5.41, 5.74) is 0.435. The molecule has 0 radical (unpaired) electrons. The molecule has 1 amide bonds. The number of aryl methyl sites for hydroxylation is 2. The average molecular weight is 595 g/mol. The van der Waals surface area contributed by atoms with Crippen molar-refractivity contribution in [2.45, 2.75) is 26.6 Å². The number of piperazine rings is 1. The third-order valence-electron chi connectivity index (χ3n) is 7.26. The average Bonchev–Trinajstić information content (AvgIpc) is 3.39. The minimum Gasteiger partial charge on any atom is -0.439 e. The van der Waals surface area contributed by atoms with Crippen LogP contribution in [0, 0.1) is 6.92 Å². The number of likely N-dealkylation sites (N-methyl/N-ethyl adjacent to an activating group) is 1. The van der Waals surface area contributed by atoms with E-state index in [1.165, 1.54) is 24.5 Å². The molecule has 226 valence electrons. The highest BCUT2D eigenvalue weighted by Crippen LogP contribution is 2.35. The number of hydrogen-bond donors (Lipinski definition) is 2. The molecule has 0 aliphatic carbocycles. The molecule has 0 atom stereocenters. The molecule has 1 aliphatic rings. The molecule has 1 fully saturated rings. The summed E-state index contributed by atoms with van der Waals surface area (Å²) >= 11 is 0. The number of hydrogen-bond acceptors (Lipinski definition) is 8. The highest BCUT2D eigenvalue weighted by atomic mass is 19.4. The first-order chi connectivity index (χ1) is 20.6. The number of rotatable bonds is 9. The summed E-state index contributed by atoms with van der Waals surface area (Å²) in [6.07, 6.45) is -1.44. The van der Waals surface area contributed by atoms with E-state index in [0.717, 1.165) is 31.3 Å². The molecule has 10 nitrogen and oxygen atoms in total. The van der Waals surface area contributed by atoms with E-state index in [0.29, 0.717) is 30.5 Å². The predicted octanol–water partition coefficient (Wildman–Crippen LogP) is 5.46. The van der Waals surface area contributed by atoms with E-state index >= 15 is 0 Å². The van der Waals surface area contributed by atoms with Crippen molar-refractivity contribution in [2.24, 2.45) is 7.05 Å². The molecule has 2 aromatic carbocycles. The molecule has 0 spiro atoms. The molecular formula is C30H33F3N8O2. The summed E-state index contributed by atoms with van der Waals surface area (Å²) in [4.78, 5) is 25.7. The van der Waals surface area contributed by atoms with Crippen LogP contribution in [0.4, 0.5) is 30.5 Å². The van der Waals surface area contributed by atoms with Gasteiger partial charge in [-0.3, -0.25) is 14.4 Å². The van der Waals surface area contributed by atoms with Crippen molar-refractivity contribution in [1.82, 2.24) is 29.5 Å². The van der Waals surface area contributed by atoms with Crippen molar-refractivity contribution in [3.8, 4) is 11.6 Å². The highest BCUT2D eigenvalue weighted by Gasteiger charge is 2.34. The van der Waals surface area contributed by atoms with Gasteiger partial charge in [0.25, 0.3) is 5.91 Å². The van der Waals surface area contributed by atoms with Crippen LogP contribution in [0.2, 0.25) is 0 Å². The van der Waals surface area contributed by atoms with Gasteiger partial charge in [0, 0.05) is 69.4 Å². The van der Waals surface area contributed by atoms with Gasteiger partial charge in [-0.15, -0.1) is 0 Å². The molecule has 5 rings (SSSR count). The van der Waals surface area contributed by atoms with Crippen LogP contribution < -0.4 is 15.4 Å². The van der Waals surface area contributed by atoms with E-state index in [2.05, 4.69) is 37.5 Å². The molecule has 2 aromatic heterocycles. The Morgan fingerprint density at radius 3 is 2.44 bits per heavy atom. The van der Waals surface area contributed by atoms with Gasteiger partial charge in [-0.2, -0.15) is 18.3 Å². The Hall–Kier alpha value is -4.49. The Balaban J connectivity index is 1.29. The number of halogens is 3. The number of nitrogens with one attached hydrogen (secondary N) is 2. The quantitative estimate of drug-likeness (QED) is 0.264. The zero-order chi connectivity index (χ0) is 30.6. The van der Waals surface area contributed by atoms with Gasteiger partial charge >= 0.3 is 6.18 Å². The second kappa shape index (κ2) is 12.8.